The van der Waals surface area contributed by atoms with Crippen molar-refractivity contribution < 1.29 is 4.39 Å². The van der Waals surface area contributed by atoms with Crippen LogP contribution in [-0.4, -0.2) is 0 Å². The van der Waals surface area contributed by atoms with Gasteiger partial charge in [-0.2, -0.15) is 0 Å². The molecule has 0 aliphatic carbocycles. The van der Waals surface area contributed by atoms with Crippen molar-refractivity contribution in [2.75, 3.05) is 0 Å². The Balaban J connectivity index is 3.09. The van der Waals surface area contributed by atoms with Gasteiger partial charge in [0.15, 0.2) is 0 Å². The Hall–Kier alpha value is -0.560. The standard InChI is InChI=1S/C10H12ClF/c1-3-4-8-6-9(12)5-7(2)10(8)11/h5-6H,3-4H2,1-2H3. The molecule has 1 aromatic rings. The summed E-state index contributed by atoms with van der Waals surface area (Å²) in [5.41, 5.74) is 1.73. The third kappa shape index (κ3) is 1.98. The molecule has 0 saturated carbocycles. The maximum atomic E-state index is 12.9. The number of halogens is 2. The number of hydrogen-bond donors (Lipinski definition) is 0. The highest BCUT2D eigenvalue weighted by Gasteiger charge is 2.04. The zero-order chi connectivity index (χ0) is 9.14. The number of aryl methyl sites for hydroxylation is 2. The van der Waals surface area contributed by atoms with E-state index in [1.807, 2.05) is 6.92 Å². The van der Waals surface area contributed by atoms with Gasteiger partial charge in [0, 0.05) is 5.02 Å². The van der Waals surface area contributed by atoms with Crippen molar-refractivity contribution >= 4 is 11.6 Å². The van der Waals surface area contributed by atoms with Crippen LogP contribution >= 0.6 is 11.6 Å². The normalized spacial score (nSPS) is 10.3. The number of hydrogen-bond acceptors (Lipinski definition) is 0. The van der Waals surface area contributed by atoms with Crippen LogP contribution in [0.2, 0.25) is 5.02 Å². The summed E-state index contributed by atoms with van der Waals surface area (Å²) in [6.07, 6.45) is 1.83. The van der Waals surface area contributed by atoms with E-state index >= 15 is 0 Å². The van der Waals surface area contributed by atoms with Crippen LogP contribution in [0, 0.1) is 12.7 Å². The van der Waals surface area contributed by atoms with E-state index in [9.17, 15) is 4.39 Å². The summed E-state index contributed by atoms with van der Waals surface area (Å²) < 4.78 is 12.9. The minimum absolute atomic E-state index is 0.194. The van der Waals surface area contributed by atoms with Crippen LogP contribution in [0.3, 0.4) is 0 Å². The van der Waals surface area contributed by atoms with E-state index in [2.05, 4.69) is 6.92 Å². The smallest absolute Gasteiger partial charge is 0.123 e. The lowest BCUT2D eigenvalue weighted by molar-refractivity contribution is 0.623. The molecule has 0 atom stereocenters. The Morgan fingerprint density at radius 1 is 1.42 bits per heavy atom. The van der Waals surface area contributed by atoms with Crippen molar-refractivity contribution in [3.8, 4) is 0 Å². The lowest BCUT2D eigenvalue weighted by atomic mass is 10.1. The monoisotopic (exact) mass is 186 g/mol. The first-order valence-corrected chi connectivity index (χ1v) is 4.47. The third-order valence-corrected chi connectivity index (χ3v) is 2.35. The molecule has 0 aliphatic rings. The van der Waals surface area contributed by atoms with E-state index < -0.39 is 0 Å². The molecule has 0 heterocycles. The fourth-order valence-electron chi connectivity index (χ4n) is 1.25. The first-order chi connectivity index (χ1) is 5.65. The number of benzene rings is 1. The second-order valence-electron chi connectivity index (χ2n) is 2.95. The van der Waals surface area contributed by atoms with Crippen molar-refractivity contribution in [1.29, 1.82) is 0 Å². The Labute approximate surface area is 77.4 Å². The Morgan fingerprint density at radius 3 is 2.67 bits per heavy atom. The van der Waals surface area contributed by atoms with E-state index in [0.29, 0.717) is 5.02 Å². The molecule has 0 spiro atoms. The van der Waals surface area contributed by atoms with E-state index in [4.69, 9.17) is 11.6 Å². The molecule has 0 aliphatic heterocycles. The summed E-state index contributed by atoms with van der Waals surface area (Å²) in [7, 11) is 0. The van der Waals surface area contributed by atoms with Crippen molar-refractivity contribution in [3.05, 3.63) is 34.1 Å². The van der Waals surface area contributed by atoms with E-state index in [1.54, 1.807) is 0 Å². The van der Waals surface area contributed by atoms with Gasteiger partial charge in [0.1, 0.15) is 5.82 Å². The maximum absolute atomic E-state index is 12.9. The molecular formula is C10H12ClF. The number of rotatable bonds is 2. The lowest BCUT2D eigenvalue weighted by Crippen LogP contribution is -1.90. The van der Waals surface area contributed by atoms with Crippen LogP contribution in [0.25, 0.3) is 0 Å². The molecule has 0 fully saturated rings. The van der Waals surface area contributed by atoms with Crippen LogP contribution in [0.15, 0.2) is 12.1 Å². The highest BCUT2D eigenvalue weighted by molar-refractivity contribution is 6.32. The molecule has 2 heteroatoms. The molecule has 0 bridgehead atoms. The summed E-state index contributed by atoms with van der Waals surface area (Å²) in [5, 5.41) is 0.707. The van der Waals surface area contributed by atoms with Gasteiger partial charge in [-0.3, -0.25) is 0 Å². The first-order valence-electron chi connectivity index (χ1n) is 4.09. The molecule has 1 aromatic carbocycles. The van der Waals surface area contributed by atoms with E-state index in [1.165, 1.54) is 12.1 Å². The SMILES string of the molecule is CCCc1cc(F)cc(C)c1Cl. The van der Waals surface area contributed by atoms with Gasteiger partial charge < -0.3 is 0 Å². The summed E-state index contributed by atoms with van der Waals surface area (Å²) >= 11 is 5.98. The molecule has 1 rings (SSSR count). The van der Waals surface area contributed by atoms with E-state index in [-0.39, 0.29) is 5.82 Å². The molecule has 0 radical (unpaired) electrons. The van der Waals surface area contributed by atoms with Gasteiger partial charge >= 0.3 is 0 Å². The minimum Gasteiger partial charge on any atom is -0.207 e. The van der Waals surface area contributed by atoms with Gasteiger partial charge in [-0.1, -0.05) is 24.9 Å². The zero-order valence-electron chi connectivity index (χ0n) is 7.32. The second-order valence-corrected chi connectivity index (χ2v) is 3.32. The van der Waals surface area contributed by atoms with Crippen molar-refractivity contribution in [3.63, 3.8) is 0 Å². The topological polar surface area (TPSA) is 0 Å². The molecule has 0 saturated heterocycles. The predicted octanol–water partition coefficient (Wildman–Crippen LogP) is 3.74. The van der Waals surface area contributed by atoms with Crippen LogP contribution in [-0.2, 0) is 6.42 Å². The molecule has 0 aromatic heterocycles. The largest absolute Gasteiger partial charge is 0.207 e. The summed E-state index contributed by atoms with van der Waals surface area (Å²) in [4.78, 5) is 0. The minimum atomic E-state index is -0.194. The Bertz CT molecular complexity index is 281. The van der Waals surface area contributed by atoms with Gasteiger partial charge in [-0.05, 0) is 36.6 Å². The van der Waals surface area contributed by atoms with Crippen molar-refractivity contribution in [2.45, 2.75) is 26.7 Å². The van der Waals surface area contributed by atoms with Crippen LogP contribution < -0.4 is 0 Å². The van der Waals surface area contributed by atoms with Crippen LogP contribution in [0.1, 0.15) is 24.5 Å². The summed E-state index contributed by atoms with van der Waals surface area (Å²) in [6, 6.07) is 2.97. The van der Waals surface area contributed by atoms with Crippen molar-refractivity contribution in [1.82, 2.24) is 0 Å². The summed E-state index contributed by atoms with van der Waals surface area (Å²) in [5.74, 6) is -0.194. The fourth-order valence-corrected chi connectivity index (χ4v) is 1.45. The molecule has 0 unspecified atom stereocenters. The predicted molar refractivity (Wildman–Crippen MR) is 50.1 cm³/mol. The van der Waals surface area contributed by atoms with Crippen LogP contribution in [0.4, 0.5) is 4.39 Å². The molecular weight excluding hydrogens is 175 g/mol. The summed E-state index contributed by atoms with van der Waals surface area (Å²) in [6.45, 7) is 3.88. The molecule has 0 N–H and O–H groups in total. The highest BCUT2D eigenvalue weighted by Crippen LogP contribution is 2.23. The quantitative estimate of drug-likeness (QED) is 0.660. The average Bonchev–Trinajstić information content (AvgIpc) is 2.00. The molecule has 0 amide bonds. The van der Waals surface area contributed by atoms with Gasteiger partial charge in [0.2, 0.25) is 0 Å². The first kappa shape index (κ1) is 9.53. The Morgan fingerprint density at radius 2 is 2.08 bits per heavy atom. The maximum Gasteiger partial charge on any atom is 0.123 e. The highest BCUT2D eigenvalue weighted by atomic mass is 35.5. The lowest BCUT2D eigenvalue weighted by Gasteiger charge is -2.05. The molecule has 66 valence electrons. The molecule has 12 heavy (non-hydrogen) atoms. The van der Waals surface area contributed by atoms with E-state index in [0.717, 1.165) is 24.0 Å². The van der Waals surface area contributed by atoms with Gasteiger partial charge in [0.05, 0.1) is 0 Å². The van der Waals surface area contributed by atoms with Gasteiger partial charge in [-0.25, -0.2) is 4.39 Å². The van der Waals surface area contributed by atoms with Crippen LogP contribution in [0.5, 0.6) is 0 Å². The fraction of sp³-hybridized carbons (Fsp3) is 0.400. The third-order valence-electron chi connectivity index (χ3n) is 1.81. The van der Waals surface area contributed by atoms with Gasteiger partial charge in [-0.15, -0.1) is 0 Å². The average molecular weight is 187 g/mol. The zero-order valence-corrected chi connectivity index (χ0v) is 8.08. The molecule has 0 nitrogen and oxygen atoms in total. The Kier molecular flexibility index (Phi) is 3.10. The van der Waals surface area contributed by atoms with Crippen molar-refractivity contribution in [2.24, 2.45) is 0 Å². The van der Waals surface area contributed by atoms with Gasteiger partial charge in [0.25, 0.3) is 0 Å². The second kappa shape index (κ2) is 3.90.